The van der Waals surface area contributed by atoms with Crippen LogP contribution in [0, 0.1) is 6.92 Å². The number of anilines is 1. The van der Waals surface area contributed by atoms with Crippen molar-refractivity contribution < 1.29 is 4.74 Å². The van der Waals surface area contributed by atoms with Gasteiger partial charge >= 0.3 is 0 Å². The van der Waals surface area contributed by atoms with Crippen LogP contribution in [0.25, 0.3) is 11.1 Å². The third kappa shape index (κ3) is 2.80. The van der Waals surface area contributed by atoms with Gasteiger partial charge in [0.2, 0.25) is 5.88 Å². The maximum Gasteiger partial charge on any atom is 0.214 e. The molecule has 0 saturated heterocycles. The first-order valence-electron chi connectivity index (χ1n) is 7.91. The predicted octanol–water partition coefficient (Wildman–Crippen LogP) is 4.31. The van der Waals surface area contributed by atoms with Gasteiger partial charge < -0.3 is 10.5 Å². The van der Waals surface area contributed by atoms with Crippen LogP contribution < -0.4 is 10.5 Å². The van der Waals surface area contributed by atoms with Crippen LogP contribution in [0.4, 0.5) is 5.69 Å². The highest BCUT2D eigenvalue weighted by atomic mass is 16.5. The third-order valence-corrected chi connectivity index (χ3v) is 4.07. The topological polar surface area (TPSA) is 48.1 Å². The van der Waals surface area contributed by atoms with Gasteiger partial charge in [-0.25, -0.2) is 4.98 Å². The molecular weight excluding hydrogens is 272 g/mol. The fraction of sp³-hybridized carbons (Fsp3) is 0.421. The van der Waals surface area contributed by atoms with E-state index in [9.17, 15) is 0 Å². The molecular formula is C19H24N2O. The molecule has 1 aliphatic rings. The Labute approximate surface area is 132 Å². The minimum atomic E-state index is -0.260. The van der Waals surface area contributed by atoms with Gasteiger partial charge in [-0.1, -0.05) is 6.07 Å². The monoisotopic (exact) mass is 296 g/mol. The SMILES string of the molecule is Cc1cc2c(c(N)c1-c1ccnc(OC(C)(C)C)c1)CCC2. The van der Waals surface area contributed by atoms with Gasteiger partial charge in [0.05, 0.1) is 0 Å². The van der Waals surface area contributed by atoms with E-state index < -0.39 is 0 Å². The van der Waals surface area contributed by atoms with Crippen LogP contribution in [-0.2, 0) is 12.8 Å². The normalized spacial score (nSPS) is 14.0. The summed E-state index contributed by atoms with van der Waals surface area (Å²) in [4.78, 5) is 4.32. The van der Waals surface area contributed by atoms with Crippen molar-refractivity contribution in [1.82, 2.24) is 4.98 Å². The van der Waals surface area contributed by atoms with E-state index in [4.69, 9.17) is 10.5 Å². The molecule has 116 valence electrons. The third-order valence-electron chi connectivity index (χ3n) is 4.07. The number of aromatic nitrogens is 1. The van der Waals surface area contributed by atoms with Crippen molar-refractivity contribution in [3.8, 4) is 17.0 Å². The molecule has 1 aromatic heterocycles. The van der Waals surface area contributed by atoms with E-state index in [2.05, 4.69) is 18.0 Å². The first-order chi connectivity index (χ1) is 10.3. The van der Waals surface area contributed by atoms with E-state index in [1.807, 2.05) is 32.9 Å². The zero-order valence-corrected chi connectivity index (χ0v) is 13.9. The van der Waals surface area contributed by atoms with E-state index in [1.165, 1.54) is 23.1 Å². The average Bonchev–Trinajstić information content (AvgIpc) is 2.85. The molecule has 3 nitrogen and oxygen atoms in total. The van der Waals surface area contributed by atoms with Gasteiger partial charge in [0, 0.05) is 23.5 Å². The van der Waals surface area contributed by atoms with Crippen molar-refractivity contribution in [2.24, 2.45) is 0 Å². The number of benzene rings is 1. The van der Waals surface area contributed by atoms with Crippen LogP contribution in [0.15, 0.2) is 24.4 Å². The molecule has 0 bridgehead atoms. The molecule has 3 rings (SSSR count). The van der Waals surface area contributed by atoms with Gasteiger partial charge in [-0.2, -0.15) is 0 Å². The van der Waals surface area contributed by atoms with Crippen LogP contribution in [0.3, 0.4) is 0 Å². The number of hydrogen-bond donors (Lipinski definition) is 1. The molecule has 0 radical (unpaired) electrons. The Morgan fingerprint density at radius 2 is 1.95 bits per heavy atom. The molecule has 22 heavy (non-hydrogen) atoms. The lowest BCUT2D eigenvalue weighted by atomic mass is 9.93. The van der Waals surface area contributed by atoms with Crippen molar-refractivity contribution in [3.05, 3.63) is 41.1 Å². The molecule has 1 aromatic carbocycles. The van der Waals surface area contributed by atoms with Crippen molar-refractivity contribution >= 4 is 5.69 Å². The van der Waals surface area contributed by atoms with Crippen molar-refractivity contribution in [2.45, 2.75) is 52.6 Å². The van der Waals surface area contributed by atoms with Gasteiger partial charge in [-0.05, 0) is 75.3 Å². The number of aryl methyl sites for hydroxylation is 2. The number of nitrogens with two attached hydrogens (primary N) is 1. The summed E-state index contributed by atoms with van der Waals surface area (Å²) in [5, 5.41) is 0. The molecule has 0 spiro atoms. The summed E-state index contributed by atoms with van der Waals surface area (Å²) in [6, 6.07) is 6.29. The Morgan fingerprint density at radius 1 is 1.18 bits per heavy atom. The second-order valence-corrected chi connectivity index (χ2v) is 7.07. The molecule has 3 heteroatoms. The van der Waals surface area contributed by atoms with Crippen LogP contribution in [-0.4, -0.2) is 10.6 Å². The number of hydrogen-bond acceptors (Lipinski definition) is 3. The summed E-state index contributed by atoms with van der Waals surface area (Å²) in [5.74, 6) is 0.643. The van der Waals surface area contributed by atoms with Gasteiger partial charge in [-0.15, -0.1) is 0 Å². The second-order valence-electron chi connectivity index (χ2n) is 7.07. The number of fused-ring (bicyclic) bond motifs is 1. The number of ether oxygens (including phenoxy) is 1. The van der Waals surface area contributed by atoms with E-state index in [0.717, 1.165) is 29.7 Å². The Hall–Kier alpha value is -2.03. The number of pyridine rings is 1. The van der Waals surface area contributed by atoms with Crippen LogP contribution in [0.1, 0.15) is 43.9 Å². The lowest BCUT2D eigenvalue weighted by molar-refractivity contribution is 0.124. The quantitative estimate of drug-likeness (QED) is 0.840. The minimum Gasteiger partial charge on any atom is -0.472 e. The first-order valence-corrected chi connectivity index (χ1v) is 7.91. The van der Waals surface area contributed by atoms with Gasteiger partial charge in [0.25, 0.3) is 0 Å². The molecule has 1 heterocycles. The lowest BCUT2D eigenvalue weighted by Crippen LogP contribution is -2.23. The fourth-order valence-corrected chi connectivity index (χ4v) is 3.25. The zero-order chi connectivity index (χ0) is 15.9. The maximum absolute atomic E-state index is 6.48. The largest absolute Gasteiger partial charge is 0.472 e. The van der Waals surface area contributed by atoms with Crippen molar-refractivity contribution in [2.75, 3.05) is 5.73 Å². The fourth-order valence-electron chi connectivity index (χ4n) is 3.25. The summed E-state index contributed by atoms with van der Waals surface area (Å²) in [6.45, 7) is 8.21. The van der Waals surface area contributed by atoms with Crippen LogP contribution in [0.5, 0.6) is 5.88 Å². The highest BCUT2D eigenvalue weighted by molar-refractivity contribution is 5.83. The molecule has 2 aromatic rings. The highest BCUT2D eigenvalue weighted by Gasteiger charge is 2.20. The zero-order valence-electron chi connectivity index (χ0n) is 13.9. The molecule has 0 atom stereocenters. The molecule has 2 N–H and O–H groups in total. The second kappa shape index (κ2) is 5.31. The summed E-state index contributed by atoms with van der Waals surface area (Å²) >= 11 is 0. The van der Waals surface area contributed by atoms with Gasteiger partial charge in [-0.3, -0.25) is 0 Å². The van der Waals surface area contributed by atoms with Crippen molar-refractivity contribution in [1.29, 1.82) is 0 Å². The average molecular weight is 296 g/mol. The molecule has 1 aliphatic carbocycles. The Bertz CT molecular complexity index is 714. The van der Waals surface area contributed by atoms with Crippen molar-refractivity contribution in [3.63, 3.8) is 0 Å². The smallest absolute Gasteiger partial charge is 0.214 e. The standard InChI is InChI=1S/C19H24N2O/c1-12-10-13-6-5-7-15(13)18(20)17(12)14-8-9-21-16(11-14)22-19(2,3)4/h8-11H,5-7,20H2,1-4H3. The summed E-state index contributed by atoms with van der Waals surface area (Å²) in [5.41, 5.74) is 13.3. The summed E-state index contributed by atoms with van der Waals surface area (Å²) in [6.07, 6.45) is 5.24. The molecule has 0 amide bonds. The first kappa shape index (κ1) is 14.9. The molecule has 0 aliphatic heterocycles. The summed E-state index contributed by atoms with van der Waals surface area (Å²) < 4.78 is 5.88. The van der Waals surface area contributed by atoms with Crippen LogP contribution in [0.2, 0.25) is 0 Å². The molecule has 0 saturated carbocycles. The Balaban J connectivity index is 2.07. The van der Waals surface area contributed by atoms with Gasteiger partial charge in [0.15, 0.2) is 0 Å². The molecule has 0 fully saturated rings. The Kier molecular flexibility index (Phi) is 3.59. The van der Waals surface area contributed by atoms with E-state index in [1.54, 1.807) is 6.20 Å². The minimum absolute atomic E-state index is 0.260. The van der Waals surface area contributed by atoms with E-state index in [-0.39, 0.29) is 5.60 Å². The van der Waals surface area contributed by atoms with Crippen LogP contribution >= 0.6 is 0 Å². The van der Waals surface area contributed by atoms with E-state index >= 15 is 0 Å². The highest BCUT2D eigenvalue weighted by Crippen LogP contribution is 2.38. The number of nitrogen functional groups attached to an aromatic ring is 1. The van der Waals surface area contributed by atoms with E-state index in [0.29, 0.717) is 5.88 Å². The maximum atomic E-state index is 6.48. The summed E-state index contributed by atoms with van der Waals surface area (Å²) in [7, 11) is 0. The number of nitrogens with zero attached hydrogens (tertiary/aromatic N) is 1. The lowest BCUT2D eigenvalue weighted by Gasteiger charge is -2.21. The number of rotatable bonds is 2. The predicted molar refractivity (Wildman–Crippen MR) is 91.2 cm³/mol. The van der Waals surface area contributed by atoms with Gasteiger partial charge in [0.1, 0.15) is 5.60 Å². The Morgan fingerprint density at radius 3 is 2.68 bits per heavy atom. The molecule has 0 unspecified atom stereocenters.